The smallest absolute Gasteiger partial charge is 0.228 e. The molecule has 4 heteroatoms. The van der Waals surface area contributed by atoms with E-state index >= 15 is 0 Å². The molecule has 110 valence electrons. The fourth-order valence-electron chi connectivity index (χ4n) is 2.90. The lowest BCUT2D eigenvalue weighted by Gasteiger charge is -2.25. The summed E-state index contributed by atoms with van der Waals surface area (Å²) in [6, 6.07) is 6.94. The van der Waals surface area contributed by atoms with Gasteiger partial charge in [0, 0.05) is 13.6 Å². The Labute approximate surface area is 120 Å². The fraction of sp³-hybridized carbons (Fsp3) is 0.562. The molecule has 1 aliphatic rings. The van der Waals surface area contributed by atoms with Crippen molar-refractivity contribution in [3.8, 4) is 5.75 Å². The van der Waals surface area contributed by atoms with Crippen molar-refractivity contribution in [2.24, 2.45) is 11.8 Å². The van der Waals surface area contributed by atoms with E-state index in [1.807, 2.05) is 33.0 Å². The molecule has 1 aromatic carbocycles. The predicted octanol–water partition coefficient (Wildman–Crippen LogP) is 2.41. The van der Waals surface area contributed by atoms with Gasteiger partial charge in [-0.15, -0.1) is 0 Å². The summed E-state index contributed by atoms with van der Waals surface area (Å²) in [5.41, 5.74) is 1.01. The number of hydrogen-bond donors (Lipinski definition) is 1. The quantitative estimate of drug-likeness (QED) is 0.923. The third kappa shape index (κ3) is 2.96. The summed E-state index contributed by atoms with van der Waals surface area (Å²) in [4.78, 5) is 14.3. The number of phenols is 1. The molecule has 0 spiro atoms. The molecule has 1 heterocycles. The number of hydrogen-bond acceptors (Lipinski definition) is 3. The van der Waals surface area contributed by atoms with Gasteiger partial charge in [0.2, 0.25) is 5.91 Å². The van der Waals surface area contributed by atoms with E-state index in [2.05, 4.69) is 6.92 Å². The van der Waals surface area contributed by atoms with Gasteiger partial charge in [-0.1, -0.05) is 19.1 Å². The van der Waals surface area contributed by atoms with Gasteiger partial charge in [-0.05, 0) is 37.5 Å². The van der Waals surface area contributed by atoms with Gasteiger partial charge in [0.15, 0.2) is 0 Å². The van der Waals surface area contributed by atoms with Gasteiger partial charge in [0.25, 0.3) is 0 Å². The number of phenolic OH excluding ortho intramolecular Hbond substituents is 1. The van der Waals surface area contributed by atoms with E-state index in [1.54, 1.807) is 17.0 Å². The SMILES string of the molecule is CC1OC(C)C(C(=O)N(C)Cc2ccc(O)cc2)C1C. The summed E-state index contributed by atoms with van der Waals surface area (Å²) >= 11 is 0. The standard InChI is InChI=1S/C16H23NO3/c1-10-11(2)20-12(3)15(10)16(19)17(4)9-13-5-7-14(18)8-6-13/h5-8,10-12,15,18H,9H2,1-4H3. The second-order valence-corrected chi connectivity index (χ2v) is 5.79. The summed E-state index contributed by atoms with van der Waals surface area (Å²) in [6.07, 6.45) is 0.0933. The Morgan fingerprint density at radius 2 is 1.80 bits per heavy atom. The van der Waals surface area contributed by atoms with Crippen molar-refractivity contribution in [1.29, 1.82) is 0 Å². The molecule has 1 saturated heterocycles. The number of carbonyl (C=O) groups excluding carboxylic acids is 1. The molecule has 0 bridgehead atoms. The largest absolute Gasteiger partial charge is 0.508 e. The molecule has 4 atom stereocenters. The van der Waals surface area contributed by atoms with Crippen LogP contribution in [0.4, 0.5) is 0 Å². The Kier molecular flexibility index (Phi) is 4.33. The van der Waals surface area contributed by atoms with Crippen LogP contribution < -0.4 is 0 Å². The lowest BCUT2D eigenvalue weighted by atomic mass is 9.88. The molecule has 0 saturated carbocycles. The Hall–Kier alpha value is -1.55. The third-order valence-electron chi connectivity index (χ3n) is 4.26. The first-order chi connectivity index (χ1) is 9.40. The number of nitrogens with zero attached hydrogens (tertiary/aromatic N) is 1. The van der Waals surface area contributed by atoms with E-state index in [9.17, 15) is 9.90 Å². The van der Waals surface area contributed by atoms with Crippen molar-refractivity contribution in [1.82, 2.24) is 4.90 Å². The monoisotopic (exact) mass is 277 g/mol. The predicted molar refractivity (Wildman–Crippen MR) is 77.2 cm³/mol. The second-order valence-electron chi connectivity index (χ2n) is 5.79. The Morgan fingerprint density at radius 1 is 1.20 bits per heavy atom. The molecule has 0 aliphatic carbocycles. The minimum Gasteiger partial charge on any atom is -0.508 e. The van der Waals surface area contributed by atoms with Crippen LogP contribution in [-0.4, -0.2) is 35.2 Å². The summed E-state index contributed by atoms with van der Waals surface area (Å²) < 4.78 is 5.74. The maximum atomic E-state index is 12.6. The molecule has 0 radical (unpaired) electrons. The highest BCUT2D eigenvalue weighted by Crippen LogP contribution is 2.33. The number of ether oxygens (including phenoxy) is 1. The molecule has 20 heavy (non-hydrogen) atoms. The second kappa shape index (κ2) is 5.83. The van der Waals surface area contributed by atoms with Crippen LogP contribution in [0, 0.1) is 11.8 Å². The van der Waals surface area contributed by atoms with Crippen molar-refractivity contribution in [2.75, 3.05) is 7.05 Å². The van der Waals surface area contributed by atoms with E-state index < -0.39 is 0 Å². The van der Waals surface area contributed by atoms with Crippen molar-refractivity contribution in [3.63, 3.8) is 0 Å². The van der Waals surface area contributed by atoms with E-state index in [4.69, 9.17) is 4.74 Å². The summed E-state index contributed by atoms with van der Waals surface area (Å²) in [5.74, 6) is 0.525. The lowest BCUT2D eigenvalue weighted by Crippen LogP contribution is -2.38. The number of aromatic hydroxyl groups is 1. The molecule has 1 aliphatic heterocycles. The zero-order valence-corrected chi connectivity index (χ0v) is 12.5. The van der Waals surface area contributed by atoms with Crippen LogP contribution in [0.2, 0.25) is 0 Å². The van der Waals surface area contributed by atoms with E-state index in [0.29, 0.717) is 6.54 Å². The van der Waals surface area contributed by atoms with Crippen molar-refractivity contribution in [2.45, 2.75) is 39.5 Å². The first-order valence-electron chi connectivity index (χ1n) is 7.08. The molecule has 0 aromatic heterocycles. The van der Waals surface area contributed by atoms with Crippen LogP contribution in [-0.2, 0) is 16.1 Å². The van der Waals surface area contributed by atoms with Crippen LogP contribution in [0.5, 0.6) is 5.75 Å². The number of amides is 1. The average molecular weight is 277 g/mol. The Balaban J connectivity index is 2.03. The summed E-state index contributed by atoms with van der Waals surface area (Å²) in [6.45, 7) is 6.61. The van der Waals surface area contributed by atoms with Crippen molar-refractivity contribution >= 4 is 5.91 Å². The number of benzene rings is 1. The first kappa shape index (κ1) is 14.9. The molecule has 4 unspecified atom stereocenters. The van der Waals surface area contributed by atoms with Crippen molar-refractivity contribution < 1.29 is 14.6 Å². The fourth-order valence-corrected chi connectivity index (χ4v) is 2.90. The summed E-state index contributed by atoms with van der Waals surface area (Å²) in [7, 11) is 1.82. The maximum Gasteiger partial charge on any atom is 0.228 e. The summed E-state index contributed by atoms with van der Waals surface area (Å²) in [5, 5.41) is 9.27. The molecule has 2 rings (SSSR count). The lowest BCUT2D eigenvalue weighted by molar-refractivity contribution is -0.137. The maximum absolute atomic E-state index is 12.6. The third-order valence-corrected chi connectivity index (χ3v) is 4.26. The minimum absolute atomic E-state index is 0.0326. The number of carbonyl (C=O) groups is 1. The van der Waals surface area contributed by atoms with Gasteiger partial charge < -0.3 is 14.7 Å². The molecule has 1 N–H and O–H groups in total. The Morgan fingerprint density at radius 3 is 2.30 bits per heavy atom. The van der Waals surface area contributed by atoms with Gasteiger partial charge in [0.05, 0.1) is 18.1 Å². The van der Waals surface area contributed by atoms with E-state index in [1.165, 1.54) is 0 Å². The van der Waals surface area contributed by atoms with E-state index in [0.717, 1.165) is 5.56 Å². The zero-order chi connectivity index (χ0) is 14.9. The van der Waals surface area contributed by atoms with Crippen LogP contribution in [0.25, 0.3) is 0 Å². The van der Waals surface area contributed by atoms with Gasteiger partial charge in [-0.3, -0.25) is 4.79 Å². The molecular formula is C16H23NO3. The highest BCUT2D eigenvalue weighted by atomic mass is 16.5. The van der Waals surface area contributed by atoms with Crippen LogP contribution in [0.15, 0.2) is 24.3 Å². The molecule has 1 aromatic rings. The highest BCUT2D eigenvalue weighted by molar-refractivity contribution is 5.79. The van der Waals surface area contributed by atoms with Gasteiger partial charge >= 0.3 is 0 Å². The first-order valence-corrected chi connectivity index (χ1v) is 7.08. The van der Waals surface area contributed by atoms with Crippen molar-refractivity contribution in [3.05, 3.63) is 29.8 Å². The average Bonchev–Trinajstić information content (AvgIpc) is 2.65. The topological polar surface area (TPSA) is 49.8 Å². The minimum atomic E-state index is -0.0767. The van der Waals surface area contributed by atoms with Crippen LogP contribution in [0.1, 0.15) is 26.3 Å². The molecular weight excluding hydrogens is 254 g/mol. The zero-order valence-electron chi connectivity index (χ0n) is 12.5. The van der Waals surface area contributed by atoms with Gasteiger partial charge in [0.1, 0.15) is 5.75 Å². The van der Waals surface area contributed by atoms with Gasteiger partial charge in [-0.2, -0.15) is 0 Å². The molecule has 1 fully saturated rings. The number of rotatable bonds is 3. The van der Waals surface area contributed by atoms with Crippen LogP contribution >= 0.6 is 0 Å². The van der Waals surface area contributed by atoms with Crippen LogP contribution in [0.3, 0.4) is 0 Å². The molecule has 1 amide bonds. The highest BCUT2D eigenvalue weighted by Gasteiger charge is 2.42. The Bertz CT molecular complexity index is 471. The van der Waals surface area contributed by atoms with Gasteiger partial charge in [-0.25, -0.2) is 0 Å². The normalized spacial score (nSPS) is 29.4. The molecule has 4 nitrogen and oxygen atoms in total. The van der Waals surface area contributed by atoms with E-state index in [-0.39, 0.29) is 35.7 Å².